The van der Waals surface area contributed by atoms with Crippen LogP contribution in [0.15, 0.2) is 28.8 Å². The summed E-state index contributed by atoms with van der Waals surface area (Å²) in [5.41, 5.74) is 10.3. The molecule has 3 nitrogen and oxygen atoms in total. The smallest absolute Gasteiger partial charge is 0.230 e. The number of unbranched alkanes of at least 4 members (excludes halogenated alkanes) is 1. The van der Waals surface area contributed by atoms with Gasteiger partial charge in [-0.25, -0.2) is 0 Å². The maximum Gasteiger partial charge on any atom is 0.230 e. The molecule has 2 N–H and O–H groups in total. The Balaban J connectivity index is 2.40. The van der Waals surface area contributed by atoms with E-state index in [1.807, 2.05) is 6.07 Å². The lowest BCUT2D eigenvalue weighted by Crippen LogP contribution is -2.00. The van der Waals surface area contributed by atoms with Gasteiger partial charge in [-0.05, 0) is 25.3 Å². The summed E-state index contributed by atoms with van der Waals surface area (Å²) in [7, 11) is 0. The molecule has 0 amide bonds. The molecule has 3 heteroatoms. The van der Waals surface area contributed by atoms with Crippen molar-refractivity contribution in [1.82, 2.24) is 5.16 Å². The van der Waals surface area contributed by atoms with Crippen LogP contribution in [0.4, 0.5) is 5.88 Å². The van der Waals surface area contributed by atoms with Gasteiger partial charge in [-0.1, -0.05) is 61.7 Å². The number of aromatic nitrogens is 1. The van der Waals surface area contributed by atoms with Crippen LogP contribution < -0.4 is 5.73 Å². The second-order valence-electron chi connectivity index (χ2n) is 5.42. The number of rotatable bonds is 6. The number of benzene rings is 1. The maximum absolute atomic E-state index is 6.02. The number of nitrogens with two attached hydrogens (primary N) is 1. The highest BCUT2D eigenvalue weighted by Gasteiger charge is 2.22. The molecule has 0 aliphatic carbocycles. The number of nitrogens with zero attached hydrogens (tertiary/aromatic N) is 1. The zero-order valence-electron chi connectivity index (χ0n) is 12.6. The molecule has 0 spiro atoms. The highest BCUT2D eigenvalue weighted by atomic mass is 16.5. The molecule has 0 aliphatic rings. The van der Waals surface area contributed by atoms with Gasteiger partial charge < -0.3 is 10.3 Å². The standard InChI is InChI=1S/C17H24N2O/c1-4-6-9-13(5-2)16-15(17(18)20-19-16)14-10-7-8-12(3)11-14/h7-8,10-11,13H,4-6,9,18H2,1-3H3. The number of hydrogen-bond acceptors (Lipinski definition) is 3. The average molecular weight is 272 g/mol. The summed E-state index contributed by atoms with van der Waals surface area (Å²) in [6, 6.07) is 8.35. The quantitative estimate of drug-likeness (QED) is 0.812. The van der Waals surface area contributed by atoms with E-state index in [0.717, 1.165) is 29.7 Å². The molecule has 0 aliphatic heterocycles. The van der Waals surface area contributed by atoms with Crippen LogP contribution in [0.5, 0.6) is 0 Å². The third-order valence-corrected chi connectivity index (χ3v) is 3.84. The van der Waals surface area contributed by atoms with Gasteiger partial charge >= 0.3 is 0 Å². The Bertz CT molecular complexity index is 560. The van der Waals surface area contributed by atoms with Crippen molar-refractivity contribution >= 4 is 5.88 Å². The molecule has 20 heavy (non-hydrogen) atoms. The first-order valence-corrected chi connectivity index (χ1v) is 7.49. The zero-order valence-corrected chi connectivity index (χ0v) is 12.6. The van der Waals surface area contributed by atoms with E-state index in [2.05, 4.69) is 44.1 Å². The molecule has 1 heterocycles. The Kier molecular flexibility index (Phi) is 4.83. The van der Waals surface area contributed by atoms with Crippen molar-refractivity contribution in [1.29, 1.82) is 0 Å². The van der Waals surface area contributed by atoms with E-state index in [9.17, 15) is 0 Å². The highest BCUT2D eigenvalue weighted by Crippen LogP contribution is 2.37. The van der Waals surface area contributed by atoms with E-state index in [1.165, 1.54) is 18.4 Å². The molecule has 2 rings (SSSR count). The largest absolute Gasteiger partial charge is 0.367 e. The highest BCUT2D eigenvalue weighted by molar-refractivity contribution is 5.75. The van der Waals surface area contributed by atoms with Gasteiger partial charge in [-0.3, -0.25) is 0 Å². The van der Waals surface area contributed by atoms with Gasteiger partial charge in [-0.15, -0.1) is 0 Å². The van der Waals surface area contributed by atoms with Crippen LogP contribution in [0.25, 0.3) is 11.1 Å². The molecular weight excluding hydrogens is 248 g/mol. The lowest BCUT2D eigenvalue weighted by atomic mass is 9.90. The zero-order chi connectivity index (χ0) is 14.5. The molecule has 1 aromatic carbocycles. The molecule has 1 aromatic heterocycles. The van der Waals surface area contributed by atoms with Gasteiger partial charge in [0.15, 0.2) is 0 Å². The van der Waals surface area contributed by atoms with Crippen LogP contribution in [-0.2, 0) is 0 Å². The van der Waals surface area contributed by atoms with Crippen molar-refractivity contribution in [3.8, 4) is 11.1 Å². The summed E-state index contributed by atoms with van der Waals surface area (Å²) in [5.74, 6) is 0.854. The fraction of sp³-hybridized carbons (Fsp3) is 0.471. The van der Waals surface area contributed by atoms with Crippen molar-refractivity contribution in [3.63, 3.8) is 0 Å². The predicted molar refractivity (Wildman–Crippen MR) is 83.6 cm³/mol. The maximum atomic E-state index is 6.02. The lowest BCUT2D eigenvalue weighted by molar-refractivity contribution is 0.412. The summed E-state index contributed by atoms with van der Waals surface area (Å²) in [6.07, 6.45) is 4.60. The molecule has 1 atom stereocenters. The fourth-order valence-electron chi connectivity index (χ4n) is 2.67. The van der Waals surface area contributed by atoms with Crippen molar-refractivity contribution in [3.05, 3.63) is 35.5 Å². The Morgan fingerprint density at radius 2 is 2.10 bits per heavy atom. The number of hydrogen-bond donors (Lipinski definition) is 1. The molecule has 1 unspecified atom stereocenters. The fourth-order valence-corrected chi connectivity index (χ4v) is 2.67. The first-order chi connectivity index (χ1) is 9.67. The van der Waals surface area contributed by atoms with Crippen molar-refractivity contribution in [2.24, 2.45) is 0 Å². The summed E-state index contributed by atoms with van der Waals surface area (Å²) in [4.78, 5) is 0. The van der Waals surface area contributed by atoms with Crippen LogP contribution in [0.1, 0.15) is 56.7 Å². The SMILES string of the molecule is CCCCC(CC)c1noc(N)c1-c1cccc(C)c1. The Hall–Kier alpha value is -1.77. The van der Waals surface area contributed by atoms with E-state index in [1.54, 1.807) is 0 Å². The average Bonchev–Trinajstić information content (AvgIpc) is 2.82. The Morgan fingerprint density at radius 1 is 1.30 bits per heavy atom. The van der Waals surface area contributed by atoms with Crippen LogP contribution in [-0.4, -0.2) is 5.16 Å². The normalized spacial score (nSPS) is 12.6. The van der Waals surface area contributed by atoms with Crippen LogP contribution in [0, 0.1) is 6.92 Å². The molecule has 108 valence electrons. The van der Waals surface area contributed by atoms with Crippen LogP contribution in [0.2, 0.25) is 0 Å². The third-order valence-electron chi connectivity index (χ3n) is 3.84. The minimum atomic E-state index is 0.423. The van der Waals surface area contributed by atoms with E-state index in [0.29, 0.717) is 11.8 Å². The first-order valence-electron chi connectivity index (χ1n) is 7.49. The molecule has 0 saturated heterocycles. The van der Waals surface area contributed by atoms with Gasteiger partial charge in [-0.2, -0.15) is 0 Å². The van der Waals surface area contributed by atoms with E-state index in [4.69, 9.17) is 10.3 Å². The summed E-state index contributed by atoms with van der Waals surface area (Å²) in [5, 5.41) is 4.25. The monoisotopic (exact) mass is 272 g/mol. The molecule has 0 fully saturated rings. The molecule has 0 saturated carbocycles. The third kappa shape index (κ3) is 3.03. The molecular formula is C17H24N2O. The minimum Gasteiger partial charge on any atom is -0.367 e. The van der Waals surface area contributed by atoms with Crippen molar-refractivity contribution in [2.45, 2.75) is 52.4 Å². The number of nitrogen functional groups attached to an aromatic ring is 1. The number of anilines is 1. The van der Waals surface area contributed by atoms with Gasteiger partial charge in [0, 0.05) is 5.92 Å². The van der Waals surface area contributed by atoms with Crippen LogP contribution >= 0.6 is 0 Å². The van der Waals surface area contributed by atoms with Crippen molar-refractivity contribution in [2.75, 3.05) is 5.73 Å². The first kappa shape index (κ1) is 14.6. The van der Waals surface area contributed by atoms with E-state index < -0.39 is 0 Å². The minimum absolute atomic E-state index is 0.423. The van der Waals surface area contributed by atoms with Gasteiger partial charge in [0.1, 0.15) is 0 Å². The topological polar surface area (TPSA) is 52.0 Å². The summed E-state index contributed by atoms with van der Waals surface area (Å²) < 4.78 is 5.28. The molecule has 0 bridgehead atoms. The van der Waals surface area contributed by atoms with Crippen LogP contribution in [0.3, 0.4) is 0 Å². The van der Waals surface area contributed by atoms with E-state index in [-0.39, 0.29) is 0 Å². The summed E-state index contributed by atoms with van der Waals surface area (Å²) >= 11 is 0. The van der Waals surface area contributed by atoms with Gasteiger partial charge in [0.2, 0.25) is 5.88 Å². The Morgan fingerprint density at radius 3 is 2.75 bits per heavy atom. The lowest BCUT2D eigenvalue weighted by Gasteiger charge is -2.13. The van der Waals surface area contributed by atoms with Gasteiger partial charge in [0.05, 0.1) is 11.3 Å². The van der Waals surface area contributed by atoms with Crippen molar-refractivity contribution < 1.29 is 4.52 Å². The second-order valence-corrected chi connectivity index (χ2v) is 5.42. The second kappa shape index (κ2) is 6.60. The van der Waals surface area contributed by atoms with E-state index >= 15 is 0 Å². The summed E-state index contributed by atoms with van der Waals surface area (Å²) in [6.45, 7) is 6.50. The van der Waals surface area contributed by atoms with Gasteiger partial charge in [0.25, 0.3) is 0 Å². The number of aryl methyl sites for hydroxylation is 1. The molecule has 0 radical (unpaired) electrons. The predicted octanol–water partition coefficient (Wildman–Crippen LogP) is 4.92. The molecule has 2 aromatic rings. The Labute approximate surface area is 121 Å².